The number of carbonyl (C=O) groups is 4. The van der Waals surface area contributed by atoms with Gasteiger partial charge in [-0.05, 0) is 19.1 Å². The monoisotopic (exact) mass is 306 g/mol. The molecule has 0 aromatic heterocycles. The molecule has 22 heavy (non-hydrogen) atoms. The summed E-state index contributed by atoms with van der Waals surface area (Å²) in [4.78, 5) is 46.8. The first kappa shape index (κ1) is 15.5. The summed E-state index contributed by atoms with van der Waals surface area (Å²) in [6, 6.07) is 6.07. The summed E-state index contributed by atoms with van der Waals surface area (Å²) >= 11 is 0. The van der Waals surface area contributed by atoms with Gasteiger partial charge >= 0.3 is 12.1 Å². The van der Waals surface area contributed by atoms with Gasteiger partial charge in [0.1, 0.15) is 6.10 Å². The van der Waals surface area contributed by atoms with Crippen LogP contribution in [0.15, 0.2) is 24.3 Å². The van der Waals surface area contributed by atoms with E-state index in [1.54, 1.807) is 12.1 Å². The average Bonchev–Trinajstić information content (AvgIpc) is 2.68. The minimum atomic E-state index is -1.49. The lowest BCUT2D eigenvalue weighted by Crippen LogP contribution is -2.52. The Labute approximate surface area is 125 Å². The van der Waals surface area contributed by atoms with Gasteiger partial charge in [-0.15, -0.1) is 0 Å². The number of nitrogens with zero attached hydrogens (tertiary/aromatic N) is 2. The molecule has 1 aromatic carbocycles. The normalized spacial score (nSPS) is 14.5. The third-order valence-electron chi connectivity index (χ3n) is 3.03. The van der Waals surface area contributed by atoms with Gasteiger partial charge in [0.15, 0.2) is 0 Å². The Balaban J connectivity index is 2.27. The van der Waals surface area contributed by atoms with Gasteiger partial charge in [-0.3, -0.25) is 14.4 Å². The summed E-state index contributed by atoms with van der Waals surface area (Å²) in [6.45, 7) is 2.32. The summed E-state index contributed by atoms with van der Waals surface area (Å²) < 4.78 is 4.84. The number of fused-ring (bicyclic) bond motifs is 1. The molecule has 0 radical (unpaired) electrons. The SMILES string of the molecule is CC(=O)OC(C)CN(C(=O)O)N1C(=O)c2ccccc2C1=O. The van der Waals surface area contributed by atoms with Crippen molar-refractivity contribution in [3.63, 3.8) is 0 Å². The van der Waals surface area contributed by atoms with Crippen molar-refractivity contribution in [1.82, 2.24) is 10.0 Å². The third-order valence-corrected chi connectivity index (χ3v) is 3.03. The second-order valence-corrected chi connectivity index (χ2v) is 4.75. The molecule has 1 heterocycles. The number of imide groups is 1. The predicted octanol–water partition coefficient (Wildman–Crippen LogP) is 1.13. The van der Waals surface area contributed by atoms with Crippen LogP contribution in [0.5, 0.6) is 0 Å². The molecular formula is C14H14N2O6. The Morgan fingerprint density at radius 3 is 2.14 bits per heavy atom. The van der Waals surface area contributed by atoms with Gasteiger partial charge in [0, 0.05) is 6.92 Å². The van der Waals surface area contributed by atoms with Gasteiger partial charge in [0.2, 0.25) is 0 Å². The van der Waals surface area contributed by atoms with Crippen LogP contribution in [-0.2, 0) is 9.53 Å². The maximum Gasteiger partial charge on any atom is 0.426 e. The van der Waals surface area contributed by atoms with Crippen molar-refractivity contribution in [2.24, 2.45) is 0 Å². The molecule has 1 aromatic rings. The van der Waals surface area contributed by atoms with Gasteiger partial charge in [-0.2, -0.15) is 5.01 Å². The molecule has 3 amide bonds. The molecule has 1 atom stereocenters. The molecule has 1 aliphatic heterocycles. The first-order valence-electron chi connectivity index (χ1n) is 6.48. The van der Waals surface area contributed by atoms with Crippen molar-refractivity contribution in [1.29, 1.82) is 0 Å². The number of benzene rings is 1. The molecule has 0 spiro atoms. The fourth-order valence-electron chi connectivity index (χ4n) is 2.21. The van der Waals surface area contributed by atoms with E-state index in [1.807, 2.05) is 0 Å². The van der Waals surface area contributed by atoms with Crippen LogP contribution >= 0.6 is 0 Å². The van der Waals surface area contributed by atoms with Crippen molar-refractivity contribution >= 4 is 23.9 Å². The lowest BCUT2D eigenvalue weighted by molar-refractivity contribution is -0.147. The van der Waals surface area contributed by atoms with Crippen molar-refractivity contribution in [2.45, 2.75) is 20.0 Å². The van der Waals surface area contributed by atoms with E-state index < -0.39 is 30.0 Å². The molecule has 8 nitrogen and oxygen atoms in total. The standard InChI is InChI=1S/C14H14N2O6/c1-8(22-9(2)17)7-15(14(20)21)16-12(18)10-5-3-4-6-11(10)13(16)19/h3-6,8H,7H2,1-2H3,(H,20,21). The van der Waals surface area contributed by atoms with Crippen LogP contribution in [0.2, 0.25) is 0 Å². The molecule has 2 rings (SSSR count). The smallest absolute Gasteiger partial charge is 0.426 e. The highest BCUT2D eigenvalue weighted by Crippen LogP contribution is 2.24. The third kappa shape index (κ3) is 2.76. The zero-order valence-electron chi connectivity index (χ0n) is 12.0. The minimum Gasteiger partial charge on any atom is -0.464 e. The Morgan fingerprint density at radius 2 is 1.73 bits per heavy atom. The molecule has 1 N–H and O–H groups in total. The van der Waals surface area contributed by atoms with Gasteiger partial charge in [0.05, 0.1) is 17.7 Å². The van der Waals surface area contributed by atoms with Crippen molar-refractivity contribution in [3.8, 4) is 0 Å². The van der Waals surface area contributed by atoms with Gasteiger partial charge < -0.3 is 9.84 Å². The molecule has 1 unspecified atom stereocenters. The van der Waals surface area contributed by atoms with E-state index in [4.69, 9.17) is 4.74 Å². The largest absolute Gasteiger partial charge is 0.464 e. The van der Waals surface area contributed by atoms with E-state index in [0.717, 1.165) is 0 Å². The highest BCUT2D eigenvalue weighted by atomic mass is 16.5. The zero-order valence-corrected chi connectivity index (χ0v) is 12.0. The molecule has 0 bridgehead atoms. The highest BCUT2D eigenvalue weighted by molar-refractivity contribution is 6.21. The number of hydrogen-bond acceptors (Lipinski definition) is 5. The second kappa shape index (κ2) is 5.84. The van der Waals surface area contributed by atoms with Crippen LogP contribution in [0.25, 0.3) is 0 Å². The average molecular weight is 306 g/mol. The number of rotatable bonds is 4. The van der Waals surface area contributed by atoms with E-state index in [9.17, 15) is 24.3 Å². The molecule has 0 aliphatic carbocycles. The molecular weight excluding hydrogens is 292 g/mol. The van der Waals surface area contributed by atoms with E-state index in [1.165, 1.54) is 26.0 Å². The van der Waals surface area contributed by atoms with Crippen LogP contribution in [0.1, 0.15) is 34.6 Å². The number of hydrogen-bond donors (Lipinski definition) is 1. The predicted molar refractivity (Wildman–Crippen MR) is 72.9 cm³/mol. The van der Waals surface area contributed by atoms with Crippen molar-refractivity contribution in [2.75, 3.05) is 6.54 Å². The Kier molecular flexibility index (Phi) is 4.11. The summed E-state index contributed by atoms with van der Waals surface area (Å²) in [5.41, 5.74) is 0.276. The van der Waals surface area contributed by atoms with Crippen molar-refractivity contribution in [3.05, 3.63) is 35.4 Å². The molecule has 8 heteroatoms. The fourth-order valence-corrected chi connectivity index (χ4v) is 2.21. The summed E-state index contributed by atoms with van der Waals surface area (Å²) in [6.07, 6.45) is -2.30. The fraction of sp³-hybridized carbons (Fsp3) is 0.286. The minimum absolute atomic E-state index is 0.138. The molecule has 0 saturated carbocycles. The van der Waals surface area contributed by atoms with Crippen LogP contribution in [0, 0.1) is 0 Å². The maximum atomic E-state index is 12.2. The van der Waals surface area contributed by atoms with E-state index >= 15 is 0 Å². The lowest BCUT2D eigenvalue weighted by atomic mass is 10.1. The first-order valence-corrected chi connectivity index (χ1v) is 6.48. The van der Waals surface area contributed by atoms with Crippen LogP contribution in [0.4, 0.5) is 4.79 Å². The molecule has 116 valence electrons. The van der Waals surface area contributed by atoms with E-state index in [0.29, 0.717) is 10.0 Å². The molecule has 1 aliphatic rings. The number of ether oxygens (including phenoxy) is 1. The topological polar surface area (TPSA) is 104 Å². The summed E-state index contributed by atoms with van der Waals surface area (Å²) in [5, 5.41) is 10.4. The van der Waals surface area contributed by atoms with E-state index in [2.05, 4.69) is 0 Å². The van der Waals surface area contributed by atoms with E-state index in [-0.39, 0.29) is 17.7 Å². The molecule has 0 fully saturated rings. The van der Waals surface area contributed by atoms with Gasteiger partial charge in [-0.25, -0.2) is 9.80 Å². The van der Waals surface area contributed by atoms with Gasteiger partial charge in [0.25, 0.3) is 11.8 Å². The number of hydrazine groups is 1. The number of carboxylic acid groups (broad SMARTS) is 1. The number of carbonyl (C=O) groups excluding carboxylic acids is 3. The van der Waals surface area contributed by atoms with Gasteiger partial charge in [-0.1, -0.05) is 12.1 Å². The van der Waals surface area contributed by atoms with Crippen LogP contribution in [0.3, 0.4) is 0 Å². The molecule has 0 saturated heterocycles. The number of esters is 1. The highest BCUT2D eigenvalue weighted by Gasteiger charge is 2.41. The first-order chi connectivity index (χ1) is 10.3. The Hall–Kier alpha value is -2.90. The maximum absolute atomic E-state index is 12.2. The second-order valence-electron chi connectivity index (χ2n) is 4.75. The number of amides is 3. The van der Waals surface area contributed by atoms with Crippen LogP contribution < -0.4 is 0 Å². The van der Waals surface area contributed by atoms with Crippen LogP contribution in [-0.4, -0.2) is 51.6 Å². The summed E-state index contributed by atoms with van der Waals surface area (Å²) in [7, 11) is 0. The Morgan fingerprint density at radius 1 is 1.23 bits per heavy atom. The summed E-state index contributed by atoms with van der Waals surface area (Å²) in [5.74, 6) is -2.03. The Bertz CT molecular complexity index is 621. The quantitative estimate of drug-likeness (QED) is 0.660. The zero-order chi connectivity index (χ0) is 16.4. The van der Waals surface area contributed by atoms with Crippen molar-refractivity contribution < 1.29 is 29.0 Å². The lowest BCUT2D eigenvalue weighted by Gasteiger charge is -2.29.